The first-order chi connectivity index (χ1) is 7.72. The minimum absolute atomic E-state index is 0.0574. The van der Waals surface area contributed by atoms with Gasteiger partial charge in [-0.2, -0.15) is 0 Å². The topological polar surface area (TPSA) is 41.1 Å². The highest BCUT2D eigenvalue weighted by atomic mass is 16.1. The van der Waals surface area contributed by atoms with Gasteiger partial charge in [0.25, 0.3) is 0 Å². The molecular formula is C13H20N2O. The molecule has 1 aromatic rings. The Morgan fingerprint density at radius 2 is 2.00 bits per heavy atom. The van der Waals surface area contributed by atoms with E-state index in [-0.39, 0.29) is 5.91 Å². The number of carbonyl (C=O) groups is 1. The van der Waals surface area contributed by atoms with Gasteiger partial charge in [-0.3, -0.25) is 4.79 Å². The molecule has 0 bridgehead atoms. The average molecular weight is 220 g/mol. The second-order valence-electron chi connectivity index (χ2n) is 3.93. The molecule has 3 heteroatoms. The monoisotopic (exact) mass is 220 g/mol. The molecule has 0 aliphatic carbocycles. The molecule has 0 spiro atoms. The molecule has 16 heavy (non-hydrogen) atoms. The molecule has 1 atom stereocenters. The van der Waals surface area contributed by atoms with Crippen molar-refractivity contribution in [2.75, 3.05) is 11.9 Å². The first-order valence-electron chi connectivity index (χ1n) is 5.80. The van der Waals surface area contributed by atoms with Crippen LogP contribution in [0.25, 0.3) is 0 Å². The van der Waals surface area contributed by atoms with Gasteiger partial charge >= 0.3 is 0 Å². The summed E-state index contributed by atoms with van der Waals surface area (Å²) in [7, 11) is 0. The Labute approximate surface area is 97.2 Å². The van der Waals surface area contributed by atoms with Crippen molar-refractivity contribution in [3.63, 3.8) is 0 Å². The smallest absolute Gasteiger partial charge is 0.225 e. The second kappa shape index (κ2) is 7.01. The molecule has 3 nitrogen and oxygen atoms in total. The first-order valence-corrected chi connectivity index (χ1v) is 5.80. The van der Waals surface area contributed by atoms with E-state index in [0.29, 0.717) is 12.5 Å². The fourth-order valence-corrected chi connectivity index (χ4v) is 1.32. The minimum atomic E-state index is 0.0574. The average Bonchev–Trinajstić information content (AvgIpc) is 2.30. The standard InChI is InChI=1S/C13H20N2O/c1-3-11(2)14-10-9-13(16)15-12-7-5-4-6-8-12/h4-8,11,14H,3,9-10H2,1-2H3,(H,15,16). The maximum Gasteiger partial charge on any atom is 0.225 e. The molecule has 0 fully saturated rings. The third-order valence-electron chi connectivity index (χ3n) is 2.51. The predicted octanol–water partition coefficient (Wildman–Crippen LogP) is 2.40. The van der Waals surface area contributed by atoms with Crippen LogP contribution in [0.5, 0.6) is 0 Å². The Morgan fingerprint density at radius 1 is 1.31 bits per heavy atom. The van der Waals surface area contributed by atoms with Crippen LogP contribution in [0.3, 0.4) is 0 Å². The molecule has 1 aromatic carbocycles. The highest BCUT2D eigenvalue weighted by molar-refractivity contribution is 5.90. The lowest BCUT2D eigenvalue weighted by atomic mass is 10.2. The Kier molecular flexibility index (Phi) is 5.57. The van der Waals surface area contributed by atoms with Crippen molar-refractivity contribution in [1.82, 2.24) is 5.32 Å². The summed E-state index contributed by atoms with van der Waals surface area (Å²) < 4.78 is 0. The predicted molar refractivity (Wildman–Crippen MR) is 67.4 cm³/mol. The van der Waals surface area contributed by atoms with Crippen LogP contribution in [0.2, 0.25) is 0 Å². The van der Waals surface area contributed by atoms with Gasteiger partial charge in [0.2, 0.25) is 5.91 Å². The van der Waals surface area contributed by atoms with Gasteiger partial charge in [-0.05, 0) is 25.5 Å². The Balaban J connectivity index is 2.21. The van der Waals surface area contributed by atoms with Gasteiger partial charge in [-0.1, -0.05) is 25.1 Å². The highest BCUT2D eigenvalue weighted by Gasteiger charge is 2.02. The zero-order valence-electron chi connectivity index (χ0n) is 9.99. The number of hydrogen-bond donors (Lipinski definition) is 2. The Morgan fingerprint density at radius 3 is 2.62 bits per heavy atom. The lowest BCUT2D eigenvalue weighted by molar-refractivity contribution is -0.116. The zero-order chi connectivity index (χ0) is 11.8. The van der Waals surface area contributed by atoms with E-state index in [4.69, 9.17) is 0 Å². The summed E-state index contributed by atoms with van der Waals surface area (Å²) in [5, 5.41) is 6.14. The Hall–Kier alpha value is -1.35. The Bertz CT molecular complexity index is 311. The lowest BCUT2D eigenvalue weighted by Crippen LogP contribution is -2.28. The molecule has 0 aromatic heterocycles. The van der Waals surface area contributed by atoms with E-state index in [2.05, 4.69) is 24.5 Å². The summed E-state index contributed by atoms with van der Waals surface area (Å²) in [5.41, 5.74) is 0.857. The number of para-hydroxylation sites is 1. The van der Waals surface area contributed by atoms with Crippen LogP contribution in [-0.4, -0.2) is 18.5 Å². The molecule has 0 saturated heterocycles. The molecule has 1 rings (SSSR count). The molecule has 88 valence electrons. The van der Waals surface area contributed by atoms with Crippen LogP contribution in [0.15, 0.2) is 30.3 Å². The van der Waals surface area contributed by atoms with Crippen molar-refractivity contribution in [3.8, 4) is 0 Å². The largest absolute Gasteiger partial charge is 0.326 e. The molecular weight excluding hydrogens is 200 g/mol. The number of rotatable bonds is 6. The van der Waals surface area contributed by atoms with Gasteiger partial charge in [-0.15, -0.1) is 0 Å². The van der Waals surface area contributed by atoms with Gasteiger partial charge in [-0.25, -0.2) is 0 Å². The fourth-order valence-electron chi connectivity index (χ4n) is 1.32. The lowest BCUT2D eigenvalue weighted by Gasteiger charge is -2.10. The maximum absolute atomic E-state index is 11.5. The molecule has 0 radical (unpaired) electrons. The number of hydrogen-bond acceptors (Lipinski definition) is 2. The second-order valence-corrected chi connectivity index (χ2v) is 3.93. The summed E-state index contributed by atoms with van der Waals surface area (Å²) in [6, 6.07) is 10.0. The molecule has 0 aliphatic heterocycles. The SMILES string of the molecule is CCC(C)NCCC(=O)Nc1ccccc1. The summed E-state index contributed by atoms with van der Waals surface area (Å²) in [5.74, 6) is 0.0574. The number of anilines is 1. The van der Waals surface area contributed by atoms with E-state index in [1.165, 1.54) is 0 Å². The van der Waals surface area contributed by atoms with E-state index >= 15 is 0 Å². The van der Waals surface area contributed by atoms with E-state index in [9.17, 15) is 4.79 Å². The van der Waals surface area contributed by atoms with Gasteiger partial charge in [0, 0.05) is 24.7 Å². The van der Waals surface area contributed by atoms with Crippen molar-refractivity contribution in [2.24, 2.45) is 0 Å². The van der Waals surface area contributed by atoms with Gasteiger partial charge in [0.05, 0.1) is 0 Å². The van der Waals surface area contributed by atoms with Crippen LogP contribution < -0.4 is 10.6 Å². The van der Waals surface area contributed by atoms with Crippen molar-refractivity contribution in [2.45, 2.75) is 32.7 Å². The van der Waals surface area contributed by atoms with Crippen LogP contribution in [0, 0.1) is 0 Å². The number of amides is 1. The summed E-state index contributed by atoms with van der Waals surface area (Å²) >= 11 is 0. The minimum Gasteiger partial charge on any atom is -0.326 e. The van der Waals surface area contributed by atoms with E-state index in [1.54, 1.807) is 0 Å². The molecule has 2 N–H and O–H groups in total. The summed E-state index contributed by atoms with van der Waals surface area (Å²) in [6.45, 7) is 4.98. The maximum atomic E-state index is 11.5. The quantitative estimate of drug-likeness (QED) is 0.773. The normalized spacial score (nSPS) is 12.1. The van der Waals surface area contributed by atoms with Gasteiger partial charge in [0.15, 0.2) is 0 Å². The summed E-state index contributed by atoms with van der Waals surface area (Å²) in [6.07, 6.45) is 1.60. The zero-order valence-corrected chi connectivity index (χ0v) is 9.99. The number of nitrogens with one attached hydrogen (secondary N) is 2. The number of benzene rings is 1. The van der Waals surface area contributed by atoms with Crippen LogP contribution in [0.1, 0.15) is 26.7 Å². The van der Waals surface area contributed by atoms with Crippen molar-refractivity contribution in [1.29, 1.82) is 0 Å². The van der Waals surface area contributed by atoms with Gasteiger partial charge in [0.1, 0.15) is 0 Å². The molecule has 0 heterocycles. The van der Waals surface area contributed by atoms with Crippen molar-refractivity contribution in [3.05, 3.63) is 30.3 Å². The number of carbonyl (C=O) groups excluding carboxylic acids is 1. The fraction of sp³-hybridized carbons (Fsp3) is 0.462. The van der Waals surface area contributed by atoms with Gasteiger partial charge < -0.3 is 10.6 Å². The molecule has 1 amide bonds. The van der Waals surface area contributed by atoms with Crippen LogP contribution in [-0.2, 0) is 4.79 Å². The first kappa shape index (κ1) is 12.7. The van der Waals surface area contributed by atoms with Crippen molar-refractivity contribution >= 4 is 11.6 Å². The molecule has 0 saturated carbocycles. The van der Waals surface area contributed by atoms with Crippen LogP contribution >= 0.6 is 0 Å². The van der Waals surface area contributed by atoms with E-state index in [1.807, 2.05) is 30.3 Å². The third kappa shape index (κ3) is 4.94. The highest BCUT2D eigenvalue weighted by Crippen LogP contribution is 2.04. The summed E-state index contributed by atoms with van der Waals surface area (Å²) in [4.78, 5) is 11.5. The van der Waals surface area contributed by atoms with Crippen LogP contribution in [0.4, 0.5) is 5.69 Å². The molecule has 1 unspecified atom stereocenters. The van der Waals surface area contributed by atoms with Crippen molar-refractivity contribution < 1.29 is 4.79 Å². The third-order valence-corrected chi connectivity index (χ3v) is 2.51. The molecule has 0 aliphatic rings. The van der Waals surface area contributed by atoms with E-state index in [0.717, 1.165) is 18.7 Å². The van der Waals surface area contributed by atoms with E-state index < -0.39 is 0 Å².